The molecule has 10 heteroatoms. The molecular formula is C20H14F5IrN3O-2. The van der Waals surface area contributed by atoms with Gasteiger partial charge in [-0.3, -0.25) is 13.8 Å². The van der Waals surface area contributed by atoms with Crippen molar-refractivity contribution >= 4 is 5.91 Å². The molecule has 161 valence electrons. The van der Waals surface area contributed by atoms with Crippen molar-refractivity contribution in [2.75, 3.05) is 0 Å². The number of hydrogen-bond acceptors (Lipinski definition) is 3. The van der Waals surface area contributed by atoms with Gasteiger partial charge in [0, 0.05) is 49.8 Å². The van der Waals surface area contributed by atoms with Crippen molar-refractivity contribution in [1.29, 1.82) is 0 Å². The Hall–Kier alpha value is -2.71. The molecule has 0 bridgehead atoms. The minimum atomic E-state index is -4.89. The fraction of sp³-hybridized carbons (Fsp3) is 0.150. The van der Waals surface area contributed by atoms with Crippen LogP contribution in [0.2, 0.25) is 0 Å². The van der Waals surface area contributed by atoms with E-state index in [2.05, 4.69) is 21.4 Å². The molecule has 1 aromatic carbocycles. The third kappa shape index (κ3) is 7.96. The number of hydrogen-bond donors (Lipinski definition) is 0. The largest absolute Gasteiger partial charge is 0.641 e. The van der Waals surface area contributed by atoms with Crippen molar-refractivity contribution in [3.63, 3.8) is 0 Å². The summed E-state index contributed by atoms with van der Waals surface area (Å²) in [6.45, 7) is 1.53. The van der Waals surface area contributed by atoms with Crippen molar-refractivity contribution in [2.24, 2.45) is 0 Å². The van der Waals surface area contributed by atoms with Crippen LogP contribution in [0.3, 0.4) is 0 Å². The van der Waals surface area contributed by atoms with Crippen molar-refractivity contribution in [3.05, 3.63) is 89.1 Å². The Morgan fingerprint density at radius 1 is 1.10 bits per heavy atom. The minimum absolute atomic E-state index is 0. The summed E-state index contributed by atoms with van der Waals surface area (Å²) in [5, 5.41) is 2.84. The molecule has 30 heavy (non-hydrogen) atoms. The molecule has 0 N–H and O–H groups in total. The van der Waals surface area contributed by atoms with Gasteiger partial charge in [-0.15, -0.1) is 12.1 Å². The van der Waals surface area contributed by atoms with E-state index in [-0.39, 0.29) is 32.2 Å². The number of carbonyl (C=O) groups is 1. The van der Waals surface area contributed by atoms with E-state index in [1.54, 1.807) is 24.4 Å². The average Bonchev–Trinajstić information content (AvgIpc) is 2.66. The number of halogens is 5. The van der Waals surface area contributed by atoms with Gasteiger partial charge in [0.2, 0.25) is 0 Å². The van der Waals surface area contributed by atoms with Crippen LogP contribution >= 0.6 is 0 Å². The fourth-order valence-electron chi connectivity index (χ4n) is 2.05. The molecule has 0 aliphatic rings. The smallest absolute Gasteiger partial charge is 0.432 e. The molecule has 0 unspecified atom stereocenters. The van der Waals surface area contributed by atoms with E-state index in [0.29, 0.717) is 11.4 Å². The Morgan fingerprint density at radius 2 is 1.83 bits per heavy atom. The summed E-state index contributed by atoms with van der Waals surface area (Å²) in [6, 6.07) is 12.7. The standard InChI is InChI=1S/C12H8F2N.C8H7F3N2O.Ir/c1-8-4-5-15-12(6-8)10-3-2-9(13)7-11(10)14;9-8(10,11)7(14)13-5-6-3-1-2-4-12-6;/h2,4-7H,1H3;1-4H,5H2,(H,13,14);/q-1;;/p-1. The molecule has 2 heterocycles. The zero-order valence-corrected chi connectivity index (χ0v) is 17.8. The number of carbonyl (C=O) groups excluding carboxylic acids is 1. The van der Waals surface area contributed by atoms with Gasteiger partial charge >= 0.3 is 6.18 Å². The molecule has 0 aliphatic carbocycles. The van der Waals surface area contributed by atoms with Crippen LogP contribution in [0.1, 0.15) is 11.3 Å². The quantitative estimate of drug-likeness (QED) is 0.308. The van der Waals surface area contributed by atoms with Gasteiger partial charge in [-0.1, -0.05) is 35.9 Å². The zero-order chi connectivity index (χ0) is 21.4. The van der Waals surface area contributed by atoms with Crippen LogP contribution < -0.4 is 0 Å². The monoisotopic (exact) mass is 600 g/mol. The van der Waals surface area contributed by atoms with Gasteiger partial charge in [0.25, 0.3) is 0 Å². The van der Waals surface area contributed by atoms with E-state index in [1.807, 2.05) is 13.0 Å². The molecule has 3 rings (SSSR count). The number of aryl methyl sites for hydroxylation is 1. The maximum absolute atomic E-state index is 13.4. The number of alkyl halides is 3. The predicted octanol–water partition coefficient (Wildman–Crippen LogP) is 5.18. The molecule has 0 fully saturated rings. The summed E-state index contributed by atoms with van der Waals surface area (Å²) in [5.41, 5.74) is 1.95. The average molecular weight is 600 g/mol. The molecule has 0 atom stereocenters. The molecule has 0 aliphatic heterocycles. The van der Waals surface area contributed by atoms with Gasteiger partial charge in [-0.2, -0.15) is 13.2 Å². The van der Waals surface area contributed by atoms with Gasteiger partial charge in [-0.25, -0.2) is 0 Å². The van der Waals surface area contributed by atoms with E-state index in [0.717, 1.165) is 17.7 Å². The topological polar surface area (TPSA) is 57.0 Å². The Bertz CT molecular complexity index is 968. The van der Waals surface area contributed by atoms with E-state index >= 15 is 0 Å². The molecule has 2 aromatic heterocycles. The molecule has 4 nitrogen and oxygen atoms in total. The number of benzene rings is 1. The minimum Gasteiger partial charge on any atom is -0.641 e. The second-order valence-corrected chi connectivity index (χ2v) is 5.70. The van der Waals surface area contributed by atoms with Crippen LogP contribution in [0.25, 0.3) is 16.6 Å². The third-order valence-electron chi connectivity index (χ3n) is 3.38. The van der Waals surface area contributed by atoms with E-state index in [4.69, 9.17) is 0 Å². The molecule has 0 spiro atoms. The first-order chi connectivity index (χ1) is 13.7. The third-order valence-corrected chi connectivity index (χ3v) is 3.38. The van der Waals surface area contributed by atoms with E-state index in [1.165, 1.54) is 12.3 Å². The first kappa shape index (κ1) is 25.3. The first-order valence-electron chi connectivity index (χ1n) is 8.15. The fourth-order valence-corrected chi connectivity index (χ4v) is 2.05. The number of aromatic nitrogens is 2. The number of amides is 1. The molecule has 3 aromatic rings. The second kappa shape index (κ2) is 11.5. The Kier molecular flexibility index (Phi) is 9.68. The SMILES string of the molecule is Cc1ccnc(-c2[c-]cc(F)cc2F)c1.O=C([N-]Cc1ccccn1)C(F)(F)F.[Ir]. The van der Waals surface area contributed by atoms with Crippen LogP contribution in [-0.2, 0) is 31.4 Å². The summed E-state index contributed by atoms with van der Waals surface area (Å²) < 4.78 is 61.1. The Balaban J connectivity index is 0.000000291. The van der Waals surface area contributed by atoms with Crippen molar-refractivity contribution in [3.8, 4) is 11.3 Å². The number of pyridine rings is 2. The Morgan fingerprint density at radius 3 is 2.40 bits per heavy atom. The Labute approximate surface area is 182 Å². The van der Waals surface area contributed by atoms with Gasteiger partial charge in [0.05, 0.1) is 0 Å². The number of rotatable bonds is 3. The summed E-state index contributed by atoms with van der Waals surface area (Å²) in [6.07, 6.45) is -1.89. The van der Waals surface area contributed by atoms with Crippen molar-refractivity contribution in [1.82, 2.24) is 9.97 Å². The van der Waals surface area contributed by atoms with Crippen molar-refractivity contribution in [2.45, 2.75) is 19.6 Å². The van der Waals surface area contributed by atoms with Crippen LogP contribution in [-0.4, -0.2) is 22.1 Å². The van der Waals surface area contributed by atoms with Crippen molar-refractivity contribution < 1.29 is 46.9 Å². The van der Waals surface area contributed by atoms with Crippen LogP contribution in [0, 0.1) is 24.6 Å². The van der Waals surface area contributed by atoms with Crippen LogP contribution in [0.4, 0.5) is 22.0 Å². The number of nitrogens with zero attached hydrogens (tertiary/aromatic N) is 3. The second-order valence-electron chi connectivity index (χ2n) is 5.70. The van der Waals surface area contributed by atoms with Gasteiger partial charge in [0.1, 0.15) is 0 Å². The predicted molar refractivity (Wildman–Crippen MR) is 95.5 cm³/mol. The molecule has 1 radical (unpaired) electrons. The van der Waals surface area contributed by atoms with E-state index < -0.39 is 23.7 Å². The molecule has 0 saturated carbocycles. The normalized spacial score (nSPS) is 10.3. The summed E-state index contributed by atoms with van der Waals surface area (Å²) in [4.78, 5) is 18.0. The van der Waals surface area contributed by atoms with Gasteiger partial charge < -0.3 is 15.1 Å². The molecular weight excluding hydrogens is 585 g/mol. The molecule has 1 amide bonds. The zero-order valence-electron chi connectivity index (χ0n) is 15.4. The van der Waals surface area contributed by atoms with Gasteiger partial charge in [0.15, 0.2) is 5.91 Å². The van der Waals surface area contributed by atoms with Crippen LogP contribution in [0.5, 0.6) is 0 Å². The van der Waals surface area contributed by atoms with Crippen LogP contribution in [0.15, 0.2) is 54.9 Å². The summed E-state index contributed by atoms with van der Waals surface area (Å²) >= 11 is 0. The summed E-state index contributed by atoms with van der Waals surface area (Å²) in [5.74, 6) is -3.36. The molecule has 0 saturated heterocycles. The maximum Gasteiger partial charge on any atom is 0.432 e. The maximum atomic E-state index is 13.4. The summed E-state index contributed by atoms with van der Waals surface area (Å²) in [7, 11) is 0. The van der Waals surface area contributed by atoms with Gasteiger partial charge in [-0.05, 0) is 30.8 Å². The van der Waals surface area contributed by atoms with E-state index in [9.17, 15) is 26.7 Å². The first-order valence-corrected chi connectivity index (χ1v) is 8.15.